The van der Waals surface area contributed by atoms with Crippen LogP contribution >= 0.6 is 11.6 Å². The maximum absolute atomic E-state index is 11.9. The molecular weight excluding hydrogens is 179 g/mol. The minimum atomic E-state index is -4.37. The Balaban J connectivity index is 2.82. The summed E-state index contributed by atoms with van der Waals surface area (Å²) in [6.45, 7) is 0.209. The molecule has 0 aromatic heterocycles. The summed E-state index contributed by atoms with van der Waals surface area (Å²) in [4.78, 5) is 0. The molecule has 11 heavy (non-hydrogen) atoms. The predicted molar refractivity (Wildman–Crippen MR) is 34.7 cm³/mol. The van der Waals surface area contributed by atoms with Crippen molar-refractivity contribution >= 4 is 11.6 Å². The summed E-state index contributed by atoms with van der Waals surface area (Å²) in [7, 11) is 0. The fraction of sp³-hybridized carbons (Fsp3) is 0.333. The molecule has 0 saturated heterocycles. The van der Waals surface area contributed by atoms with Crippen LogP contribution in [0.3, 0.4) is 0 Å². The van der Waals surface area contributed by atoms with Gasteiger partial charge in [-0.05, 0) is 6.08 Å². The van der Waals surface area contributed by atoms with Crippen molar-refractivity contribution < 1.29 is 13.2 Å². The van der Waals surface area contributed by atoms with E-state index in [0.717, 1.165) is 6.08 Å². The van der Waals surface area contributed by atoms with Gasteiger partial charge < -0.3 is 5.32 Å². The van der Waals surface area contributed by atoms with Crippen LogP contribution < -0.4 is 5.32 Å². The molecule has 0 fully saturated rings. The zero-order valence-corrected chi connectivity index (χ0v) is 6.05. The highest BCUT2D eigenvalue weighted by atomic mass is 35.5. The molecule has 1 N–H and O–H groups in total. The van der Waals surface area contributed by atoms with Crippen molar-refractivity contribution in [3.05, 3.63) is 22.9 Å². The van der Waals surface area contributed by atoms with Crippen LogP contribution in [-0.2, 0) is 0 Å². The minimum absolute atomic E-state index is 0.135. The highest BCUT2D eigenvalue weighted by molar-refractivity contribution is 6.30. The van der Waals surface area contributed by atoms with Crippen LogP contribution in [0.15, 0.2) is 16.7 Å². The lowest BCUT2D eigenvalue weighted by Gasteiger charge is -2.12. The zero-order chi connectivity index (χ0) is 8.48. The second kappa shape index (κ2) is 2.77. The number of dihydropyridines is 1. The Morgan fingerprint density at radius 3 is 2.55 bits per heavy atom. The predicted octanol–water partition coefficient (Wildman–Crippen LogP) is 1.96. The average molecular weight is 183 g/mol. The number of rotatable bonds is 0. The number of halogens is 4. The van der Waals surface area contributed by atoms with Crippen molar-refractivity contribution in [2.24, 2.45) is 0 Å². The molecule has 0 spiro atoms. The third-order valence-corrected chi connectivity index (χ3v) is 1.33. The summed E-state index contributed by atoms with van der Waals surface area (Å²) in [6.07, 6.45) is -1.54. The van der Waals surface area contributed by atoms with Gasteiger partial charge in [0.2, 0.25) is 0 Å². The first kappa shape index (κ1) is 8.46. The third kappa shape index (κ3) is 2.15. The van der Waals surface area contributed by atoms with Gasteiger partial charge >= 0.3 is 6.18 Å². The molecule has 0 atom stereocenters. The lowest BCUT2D eigenvalue weighted by molar-refractivity contribution is -0.0892. The molecule has 1 rings (SSSR count). The van der Waals surface area contributed by atoms with E-state index < -0.39 is 11.7 Å². The van der Waals surface area contributed by atoms with Crippen molar-refractivity contribution in [1.29, 1.82) is 0 Å². The number of allylic oxidation sites excluding steroid dienone is 2. The van der Waals surface area contributed by atoms with Gasteiger partial charge in [0.05, 0.1) is 18.3 Å². The summed E-state index contributed by atoms with van der Waals surface area (Å²) >= 11 is 5.36. The van der Waals surface area contributed by atoms with Gasteiger partial charge in [-0.15, -0.1) is 0 Å². The molecule has 0 amide bonds. The summed E-state index contributed by atoms with van der Waals surface area (Å²) < 4.78 is 35.6. The summed E-state index contributed by atoms with van der Waals surface area (Å²) in [5, 5.41) is 2.42. The second-order valence-electron chi connectivity index (χ2n) is 1.98. The summed E-state index contributed by atoms with van der Waals surface area (Å²) in [6, 6.07) is 0. The topological polar surface area (TPSA) is 12.0 Å². The van der Waals surface area contributed by atoms with Crippen LogP contribution in [0.4, 0.5) is 13.2 Å². The molecule has 1 aliphatic rings. The molecule has 1 heterocycles. The monoisotopic (exact) mass is 182 g/mol. The number of nitrogens with one attached hydrogen (secondary N) is 1. The Morgan fingerprint density at radius 1 is 1.55 bits per heavy atom. The van der Waals surface area contributed by atoms with Gasteiger partial charge in [0.15, 0.2) is 0 Å². The first-order valence-electron chi connectivity index (χ1n) is 2.79. The molecular formula is C6H4ClF3N. The zero-order valence-electron chi connectivity index (χ0n) is 5.30. The van der Waals surface area contributed by atoms with Gasteiger partial charge in [-0.1, -0.05) is 11.6 Å². The van der Waals surface area contributed by atoms with E-state index in [2.05, 4.69) is 5.32 Å². The van der Waals surface area contributed by atoms with E-state index in [-0.39, 0.29) is 11.6 Å². The van der Waals surface area contributed by atoms with Crippen LogP contribution in [0.1, 0.15) is 0 Å². The molecule has 1 radical (unpaired) electrons. The van der Waals surface area contributed by atoms with E-state index in [4.69, 9.17) is 11.6 Å². The summed E-state index contributed by atoms with van der Waals surface area (Å²) in [5.74, 6) is 0. The van der Waals surface area contributed by atoms with E-state index in [1.54, 1.807) is 0 Å². The molecule has 0 aromatic rings. The van der Waals surface area contributed by atoms with Gasteiger partial charge in [0.25, 0.3) is 0 Å². The SMILES string of the molecule is FC(F)(F)C1=[C]NCC(Cl)=C1. The first-order valence-corrected chi connectivity index (χ1v) is 3.17. The second-order valence-corrected chi connectivity index (χ2v) is 2.47. The quantitative estimate of drug-likeness (QED) is 0.604. The van der Waals surface area contributed by atoms with Gasteiger partial charge in [-0.2, -0.15) is 13.2 Å². The molecule has 0 aromatic carbocycles. The van der Waals surface area contributed by atoms with E-state index in [1.807, 2.05) is 6.20 Å². The molecule has 0 aliphatic carbocycles. The van der Waals surface area contributed by atoms with Crippen LogP contribution in [0.25, 0.3) is 0 Å². The number of hydrogen-bond acceptors (Lipinski definition) is 1. The van der Waals surface area contributed by atoms with E-state index >= 15 is 0 Å². The van der Waals surface area contributed by atoms with E-state index in [9.17, 15) is 13.2 Å². The fourth-order valence-corrected chi connectivity index (χ4v) is 0.796. The smallest absolute Gasteiger partial charge is 0.378 e. The molecule has 1 nitrogen and oxygen atoms in total. The molecule has 5 heteroatoms. The van der Waals surface area contributed by atoms with Gasteiger partial charge in [0, 0.05) is 5.03 Å². The van der Waals surface area contributed by atoms with Crippen molar-refractivity contribution in [3.63, 3.8) is 0 Å². The Hall–Kier alpha value is -0.640. The van der Waals surface area contributed by atoms with Crippen LogP contribution in [0.2, 0.25) is 0 Å². The van der Waals surface area contributed by atoms with Gasteiger partial charge in [0.1, 0.15) is 0 Å². The Morgan fingerprint density at radius 2 is 2.18 bits per heavy atom. The van der Waals surface area contributed by atoms with Crippen LogP contribution in [0.5, 0.6) is 0 Å². The molecule has 0 unspecified atom stereocenters. The van der Waals surface area contributed by atoms with Crippen LogP contribution in [-0.4, -0.2) is 12.7 Å². The van der Waals surface area contributed by atoms with Gasteiger partial charge in [-0.3, -0.25) is 0 Å². The fourth-order valence-electron chi connectivity index (χ4n) is 0.620. The van der Waals surface area contributed by atoms with Crippen LogP contribution in [0, 0.1) is 6.20 Å². The number of alkyl halides is 3. The highest BCUT2D eigenvalue weighted by Gasteiger charge is 2.33. The van der Waals surface area contributed by atoms with Crippen molar-refractivity contribution in [1.82, 2.24) is 5.32 Å². The maximum atomic E-state index is 11.9. The Bertz CT molecular complexity index is 216. The number of hydrogen-bond donors (Lipinski definition) is 1. The minimum Gasteiger partial charge on any atom is -0.378 e. The first-order chi connectivity index (χ1) is 5.00. The summed E-state index contributed by atoms with van der Waals surface area (Å²) in [5.41, 5.74) is -0.867. The standard InChI is InChI=1S/C6H4ClF3N/c7-5-1-4(2-11-3-5)6(8,9)10/h1,11H,3H2. The Labute approximate surface area is 66.5 Å². The largest absolute Gasteiger partial charge is 0.418 e. The van der Waals surface area contributed by atoms with Crippen molar-refractivity contribution in [2.45, 2.75) is 6.18 Å². The molecule has 0 saturated carbocycles. The van der Waals surface area contributed by atoms with Crippen molar-refractivity contribution in [2.75, 3.05) is 6.54 Å². The highest BCUT2D eigenvalue weighted by Crippen LogP contribution is 2.28. The van der Waals surface area contributed by atoms with Gasteiger partial charge in [-0.25, -0.2) is 0 Å². The molecule has 61 valence electrons. The third-order valence-electron chi connectivity index (χ3n) is 1.09. The average Bonchev–Trinajstić information content (AvgIpc) is 1.86. The Kier molecular flexibility index (Phi) is 2.13. The maximum Gasteiger partial charge on any atom is 0.418 e. The molecule has 0 bridgehead atoms. The lowest BCUT2D eigenvalue weighted by atomic mass is 10.2. The lowest BCUT2D eigenvalue weighted by Crippen LogP contribution is -2.21. The normalized spacial score (nSPS) is 18.5. The van der Waals surface area contributed by atoms with Crippen molar-refractivity contribution in [3.8, 4) is 0 Å². The van der Waals surface area contributed by atoms with E-state index in [0.29, 0.717) is 0 Å². The molecule has 1 aliphatic heterocycles. The van der Waals surface area contributed by atoms with E-state index in [1.165, 1.54) is 0 Å².